The smallest absolute Gasteiger partial charge is 0.311 e. The Kier molecular flexibility index (Phi) is 2.43. The molecule has 0 bridgehead atoms. The Morgan fingerprint density at radius 3 is 2.86 bits per heavy atom. The maximum Gasteiger partial charge on any atom is 0.311 e. The standard InChI is InChI=1S/C8H12N4O2/c13-8(14)5-7-9-11-12(10-7)6-3-1-2-4-6/h6H,1-5H2,(H,13,14). The lowest BCUT2D eigenvalue weighted by atomic mass is 10.3. The lowest BCUT2D eigenvalue weighted by Gasteiger charge is -2.04. The molecule has 0 aliphatic heterocycles. The molecule has 1 aromatic rings. The number of carboxylic acid groups (broad SMARTS) is 1. The van der Waals surface area contributed by atoms with Crippen LogP contribution in [-0.2, 0) is 11.2 Å². The Labute approximate surface area is 80.9 Å². The average Bonchev–Trinajstić information content (AvgIpc) is 2.69. The zero-order chi connectivity index (χ0) is 9.97. The first kappa shape index (κ1) is 9.11. The van der Waals surface area contributed by atoms with E-state index in [1.165, 1.54) is 12.8 Å². The van der Waals surface area contributed by atoms with Crippen LogP contribution in [0.2, 0.25) is 0 Å². The van der Waals surface area contributed by atoms with Crippen molar-refractivity contribution >= 4 is 5.97 Å². The van der Waals surface area contributed by atoms with Gasteiger partial charge in [0.25, 0.3) is 0 Å². The molecule has 1 aliphatic carbocycles. The van der Waals surface area contributed by atoms with Gasteiger partial charge in [0.05, 0.1) is 6.04 Å². The van der Waals surface area contributed by atoms with E-state index in [1.54, 1.807) is 4.80 Å². The normalized spacial score (nSPS) is 17.4. The van der Waals surface area contributed by atoms with Crippen LogP contribution in [0.3, 0.4) is 0 Å². The third-order valence-corrected chi connectivity index (χ3v) is 2.43. The van der Waals surface area contributed by atoms with Gasteiger partial charge >= 0.3 is 5.97 Å². The fraction of sp³-hybridized carbons (Fsp3) is 0.750. The Morgan fingerprint density at radius 1 is 1.50 bits per heavy atom. The molecule has 6 heteroatoms. The summed E-state index contributed by atoms with van der Waals surface area (Å²) in [5.74, 6) is -0.625. The molecular weight excluding hydrogens is 184 g/mol. The molecule has 1 aromatic heterocycles. The first-order valence-corrected chi connectivity index (χ1v) is 4.76. The van der Waals surface area contributed by atoms with Crippen LogP contribution in [0.5, 0.6) is 0 Å². The van der Waals surface area contributed by atoms with Gasteiger partial charge in [-0.3, -0.25) is 4.79 Å². The fourth-order valence-electron chi connectivity index (χ4n) is 1.75. The predicted molar refractivity (Wildman–Crippen MR) is 46.7 cm³/mol. The minimum Gasteiger partial charge on any atom is -0.481 e. The predicted octanol–water partition coefficient (Wildman–Crippen LogP) is 0.415. The third kappa shape index (κ3) is 1.89. The van der Waals surface area contributed by atoms with E-state index >= 15 is 0 Å². The number of hydrogen-bond acceptors (Lipinski definition) is 4. The van der Waals surface area contributed by atoms with Crippen LogP contribution in [0.4, 0.5) is 0 Å². The van der Waals surface area contributed by atoms with Crippen LogP contribution in [0, 0.1) is 0 Å². The first-order valence-electron chi connectivity index (χ1n) is 4.76. The van der Waals surface area contributed by atoms with Crippen LogP contribution in [0.25, 0.3) is 0 Å². The molecule has 0 atom stereocenters. The highest BCUT2D eigenvalue weighted by Gasteiger charge is 2.19. The fourth-order valence-corrected chi connectivity index (χ4v) is 1.75. The quantitative estimate of drug-likeness (QED) is 0.757. The molecule has 76 valence electrons. The summed E-state index contributed by atoms with van der Waals surface area (Å²) in [7, 11) is 0. The Hall–Kier alpha value is -1.46. The number of tetrazole rings is 1. The largest absolute Gasteiger partial charge is 0.481 e. The summed E-state index contributed by atoms with van der Waals surface area (Å²) in [4.78, 5) is 11.9. The minimum absolute atomic E-state index is 0.146. The second-order valence-corrected chi connectivity index (χ2v) is 3.53. The summed E-state index contributed by atoms with van der Waals surface area (Å²) in [5.41, 5.74) is 0. The van der Waals surface area contributed by atoms with Gasteiger partial charge < -0.3 is 5.11 Å². The highest BCUT2D eigenvalue weighted by Crippen LogP contribution is 2.27. The zero-order valence-electron chi connectivity index (χ0n) is 7.76. The molecule has 0 saturated heterocycles. The van der Waals surface area contributed by atoms with Crippen molar-refractivity contribution in [2.45, 2.75) is 38.1 Å². The van der Waals surface area contributed by atoms with E-state index < -0.39 is 5.97 Å². The van der Waals surface area contributed by atoms with E-state index in [2.05, 4.69) is 15.4 Å². The molecule has 0 amide bonds. The lowest BCUT2D eigenvalue weighted by Crippen LogP contribution is -2.09. The van der Waals surface area contributed by atoms with Crippen molar-refractivity contribution in [3.63, 3.8) is 0 Å². The van der Waals surface area contributed by atoms with Gasteiger partial charge in [0, 0.05) is 0 Å². The topological polar surface area (TPSA) is 80.9 Å². The summed E-state index contributed by atoms with van der Waals surface area (Å²) in [5, 5.41) is 20.1. The van der Waals surface area contributed by atoms with Gasteiger partial charge in [-0.1, -0.05) is 12.8 Å². The van der Waals surface area contributed by atoms with Gasteiger partial charge in [-0.15, -0.1) is 10.2 Å². The molecule has 1 saturated carbocycles. The molecule has 1 fully saturated rings. The van der Waals surface area contributed by atoms with Crippen LogP contribution >= 0.6 is 0 Å². The number of nitrogens with zero attached hydrogens (tertiary/aromatic N) is 4. The summed E-state index contributed by atoms with van der Waals surface area (Å²) < 4.78 is 0. The van der Waals surface area contributed by atoms with Gasteiger partial charge in [-0.2, -0.15) is 4.80 Å². The van der Waals surface area contributed by atoms with Crippen molar-refractivity contribution in [3.8, 4) is 0 Å². The zero-order valence-corrected chi connectivity index (χ0v) is 7.76. The first-order chi connectivity index (χ1) is 6.75. The Bertz CT molecular complexity index is 330. The van der Waals surface area contributed by atoms with Gasteiger partial charge in [-0.25, -0.2) is 0 Å². The molecule has 0 aromatic carbocycles. The number of aromatic nitrogens is 4. The third-order valence-electron chi connectivity index (χ3n) is 2.43. The van der Waals surface area contributed by atoms with E-state index in [0.29, 0.717) is 11.9 Å². The minimum atomic E-state index is -0.920. The Balaban J connectivity index is 2.05. The van der Waals surface area contributed by atoms with E-state index in [0.717, 1.165) is 12.8 Å². The maximum atomic E-state index is 10.4. The van der Waals surface area contributed by atoms with Gasteiger partial charge in [0.2, 0.25) is 0 Å². The Morgan fingerprint density at radius 2 is 2.21 bits per heavy atom. The molecule has 6 nitrogen and oxygen atoms in total. The highest BCUT2D eigenvalue weighted by atomic mass is 16.4. The number of carboxylic acids is 1. The van der Waals surface area contributed by atoms with Crippen LogP contribution in [0.1, 0.15) is 37.5 Å². The molecular formula is C8H12N4O2. The van der Waals surface area contributed by atoms with Crippen molar-refractivity contribution in [2.24, 2.45) is 0 Å². The molecule has 2 rings (SSSR count). The number of hydrogen-bond donors (Lipinski definition) is 1. The number of rotatable bonds is 3. The number of aliphatic carboxylic acids is 1. The van der Waals surface area contributed by atoms with E-state index in [1.807, 2.05) is 0 Å². The van der Waals surface area contributed by atoms with Gasteiger partial charge in [-0.05, 0) is 18.1 Å². The van der Waals surface area contributed by atoms with E-state index in [9.17, 15) is 4.79 Å². The van der Waals surface area contributed by atoms with E-state index in [-0.39, 0.29) is 6.42 Å². The van der Waals surface area contributed by atoms with Crippen molar-refractivity contribution in [2.75, 3.05) is 0 Å². The summed E-state index contributed by atoms with van der Waals surface area (Å²) in [6.07, 6.45) is 4.39. The van der Waals surface area contributed by atoms with E-state index in [4.69, 9.17) is 5.11 Å². The summed E-state index contributed by atoms with van der Waals surface area (Å²) >= 11 is 0. The molecule has 0 spiro atoms. The van der Waals surface area contributed by atoms with Crippen LogP contribution in [-0.4, -0.2) is 31.3 Å². The average molecular weight is 196 g/mol. The molecule has 14 heavy (non-hydrogen) atoms. The molecule has 1 aliphatic rings. The van der Waals surface area contributed by atoms with Crippen molar-refractivity contribution < 1.29 is 9.90 Å². The monoisotopic (exact) mass is 196 g/mol. The second-order valence-electron chi connectivity index (χ2n) is 3.53. The molecule has 1 heterocycles. The van der Waals surface area contributed by atoms with Crippen LogP contribution in [0.15, 0.2) is 0 Å². The van der Waals surface area contributed by atoms with Gasteiger partial charge in [0.1, 0.15) is 6.42 Å². The summed E-state index contributed by atoms with van der Waals surface area (Å²) in [6.45, 7) is 0. The SMILES string of the molecule is O=C(O)Cc1nnn(C2CCCC2)n1. The molecule has 0 unspecified atom stereocenters. The van der Waals surface area contributed by atoms with Crippen molar-refractivity contribution in [1.82, 2.24) is 20.2 Å². The maximum absolute atomic E-state index is 10.4. The molecule has 0 radical (unpaired) electrons. The summed E-state index contributed by atoms with van der Waals surface area (Å²) in [6, 6.07) is 0.324. The second kappa shape index (κ2) is 3.73. The number of carbonyl (C=O) groups is 1. The van der Waals surface area contributed by atoms with Gasteiger partial charge in [0.15, 0.2) is 5.82 Å². The highest BCUT2D eigenvalue weighted by molar-refractivity contribution is 5.68. The molecule has 1 N–H and O–H groups in total. The van der Waals surface area contributed by atoms with Crippen LogP contribution < -0.4 is 0 Å². The van der Waals surface area contributed by atoms with Crippen molar-refractivity contribution in [3.05, 3.63) is 5.82 Å². The van der Waals surface area contributed by atoms with Crippen molar-refractivity contribution in [1.29, 1.82) is 0 Å². The lowest BCUT2D eigenvalue weighted by molar-refractivity contribution is -0.136.